The summed E-state index contributed by atoms with van der Waals surface area (Å²) in [4.78, 5) is 27.5. The summed E-state index contributed by atoms with van der Waals surface area (Å²) >= 11 is 1.08. The summed E-state index contributed by atoms with van der Waals surface area (Å²) in [6.45, 7) is 1.65. The molecule has 4 heterocycles. The van der Waals surface area contributed by atoms with E-state index in [4.69, 9.17) is 0 Å². The van der Waals surface area contributed by atoms with Crippen molar-refractivity contribution >= 4 is 39.0 Å². The minimum atomic E-state index is -4.24. The number of anilines is 2. The highest BCUT2D eigenvalue weighted by Crippen LogP contribution is 2.50. The van der Waals surface area contributed by atoms with Gasteiger partial charge in [0.15, 0.2) is 0 Å². The number of hydrogen-bond acceptors (Lipinski definition) is 7. The van der Waals surface area contributed by atoms with Gasteiger partial charge in [0.25, 0.3) is 5.91 Å². The van der Waals surface area contributed by atoms with E-state index in [2.05, 4.69) is 30.5 Å². The molecular formula is C22H23F3N6OS. The fourth-order valence-electron chi connectivity index (χ4n) is 4.94. The molecule has 1 aliphatic heterocycles. The van der Waals surface area contributed by atoms with E-state index < -0.39 is 12.6 Å². The van der Waals surface area contributed by atoms with Crippen LogP contribution in [0.15, 0.2) is 30.7 Å². The number of nitrogens with one attached hydrogen (secondary N) is 2. The minimum absolute atomic E-state index is 0.176. The third kappa shape index (κ3) is 4.46. The number of fused-ring (bicyclic) bond motifs is 1. The van der Waals surface area contributed by atoms with Gasteiger partial charge < -0.3 is 15.5 Å². The smallest absolute Gasteiger partial charge is 0.381 e. The van der Waals surface area contributed by atoms with Gasteiger partial charge in [-0.3, -0.25) is 4.79 Å². The molecule has 0 bridgehead atoms. The summed E-state index contributed by atoms with van der Waals surface area (Å²) in [6, 6.07) is 5.47. The Labute approximate surface area is 192 Å². The molecule has 0 radical (unpaired) electrons. The van der Waals surface area contributed by atoms with Crippen molar-refractivity contribution in [1.29, 1.82) is 0 Å². The van der Waals surface area contributed by atoms with Gasteiger partial charge in [-0.2, -0.15) is 13.2 Å². The predicted octanol–water partition coefficient (Wildman–Crippen LogP) is 4.02. The molecule has 0 unspecified atom stereocenters. The van der Waals surface area contributed by atoms with Crippen molar-refractivity contribution in [3.63, 3.8) is 0 Å². The number of thiophene rings is 1. The first kappa shape index (κ1) is 21.9. The van der Waals surface area contributed by atoms with Crippen LogP contribution in [-0.4, -0.2) is 53.2 Å². The summed E-state index contributed by atoms with van der Waals surface area (Å²) in [5.74, 6) is 0.511. The average molecular weight is 477 g/mol. The lowest BCUT2D eigenvalue weighted by atomic mass is 9.65. The van der Waals surface area contributed by atoms with Crippen LogP contribution in [0.5, 0.6) is 0 Å². The van der Waals surface area contributed by atoms with Gasteiger partial charge in [-0.05, 0) is 42.9 Å². The molecule has 2 aliphatic rings. The number of halogens is 3. The van der Waals surface area contributed by atoms with Crippen molar-refractivity contribution in [2.24, 2.45) is 5.41 Å². The number of aromatic nitrogens is 3. The fraction of sp³-hybridized carbons (Fsp3) is 0.455. The van der Waals surface area contributed by atoms with Gasteiger partial charge in [-0.1, -0.05) is 0 Å². The first-order valence-electron chi connectivity index (χ1n) is 10.7. The summed E-state index contributed by atoms with van der Waals surface area (Å²) in [5.41, 5.74) is 1.43. The topological polar surface area (TPSA) is 83.0 Å². The molecule has 1 amide bonds. The largest absolute Gasteiger partial charge is 0.393 e. The lowest BCUT2D eigenvalue weighted by molar-refractivity contribution is -0.126. The molecule has 2 fully saturated rings. The van der Waals surface area contributed by atoms with E-state index in [1.165, 1.54) is 6.33 Å². The molecular weight excluding hydrogens is 453 g/mol. The van der Waals surface area contributed by atoms with Crippen LogP contribution in [0.3, 0.4) is 0 Å². The Balaban J connectivity index is 1.23. The van der Waals surface area contributed by atoms with Crippen molar-refractivity contribution in [1.82, 2.24) is 20.3 Å². The monoisotopic (exact) mass is 476 g/mol. The molecule has 2 N–H and O–H groups in total. The Bertz CT molecular complexity index is 1170. The zero-order chi connectivity index (χ0) is 23.2. The molecule has 1 spiro atoms. The first-order valence-corrected chi connectivity index (χ1v) is 11.6. The van der Waals surface area contributed by atoms with Crippen molar-refractivity contribution < 1.29 is 18.0 Å². The standard InChI is InChI=1S/C22H23F3N6OS/c1-26-19(32)17-3-2-13(10-27-17)30-14-7-21(8-14)4-5-31(11-21)18-16-6-15(9-22(23,24)25)33-20(16)29-12-28-18/h2-3,6,10,12,14,30H,4-5,7-9,11H2,1H3,(H,26,32). The molecule has 11 heteroatoms. The van der Waals surface area contributed by atoms with Gasteiger partial charge in [0.05, 0.1) is 23.7 Å². The van der Waals surface area contributed by atoms with Gasteiger partial charge in [0.1, 0.15) is 22.7 Å². The second kappa shape index (κ2) is 8.12. The predicted molar refractivity (Wildman–Crippen MR) is 121 cm³/mol. The van der Waals surface area contributed by atoms with Crippen molar-refractivity contribution in [3.05, 3.63) is 41.3 Å². The highest BCUT2D eigenvalue weighted by atomic mass is 32.1. The Morgan fingerprint density at radius 3 is 2.79 bits per heavy atom. The number of amides is 1. The van der Waals surface area contributed by atoms with Crippen LogP contribution in [0.2, 0.25) is 0 Å². The molecule has 0 atom stereocenters. The first-order chi connectivity index (χ1) is 15.7. The van der Waals surface area contributed by atoms with Crippen LogP contribution in [0.25, 0.3) is 10.2 Å². The molecule has 33 heavy (non-hydrogen) atoms. The van der Waals surface area contributed by atoms with Crippen LogP contribution >= 0.6 is 11.3 Å². The maximum Gasteiger partial charge on any atom is 0.393 e. The van der Waals surface area contributed by atoms with Gasteiger partial charge in [0, 0.05) is 31.1 Å². The van der Waals surface area contributed by atoms with Crippen LogP contribution in [0, 0.1) is 5.41 Å². The van der Waals surface area contributed by atoms with Gasteiger partial charge in [-0.15, -0.1) is 11.3 Å². The minimum Gasteiger partial charge on any atom is -0.381 e. The Morgan fingerprint density at radius 2 is 2.09 bits per heavy atom. The molecule has 3 aromatic heterocycles. The van der Waals surface area contributed by atoms with Crippen molar-refractivity contribution in [3.8, 4) is 0 Å². The number of pyridine rings is 1. The zero-order valence-corrected chi connectivity index (χ0v) is 18.8. The van der Waals surface area contributed by atoms with Crippen molar-refractivity contribution in [2.75, 3.05) is 30.4 Å². The molecule has 5 rings (SSSR count). The number of nitrogens with zero attached hydrogens (tertiary/aromatic N) is 4. The molecule has 3 aromatic rings. The maximum absolute atomic E-state index is 12.8. The highest BCUT2D eigenvalue weighted by molar-refractivity contribution is 7.18. The quantitative estimate of drug-likeness (QED) is 0.579. The van der Waals surface area contributed by atoms with E-state index in [0.29, 0.717) is 22.0 Å². The number of carbonyl (C=O) groups excluding carboxylic acids is 1. The Hall–Kier alpha value is -2.95. The summed E-state index contributed by atoms with van der Waals surface area (Å²) in [6.07, 6.45) is 0.947. The number of rotatable bonds is 5. The normalized spacial score (nSPS) is 22.5. The molecule has 174 valence electrons. The van der Waals surface area contributed by atoms with Crippen LogP contribution in [0.1, 0.15) is 34.6 Å². The molecule has 1 saturated carbocycles. The van der Waals surface area contributed by atoms with Crippen LogP contribution in [0.4, 0.5) is 24.7 Å². The van der Waals surface area contributed by atoms with Crippen LogP contribution < -0.4 is 15.5 Å². The van der Waals surface area contributed by atoms with E-state index in [1.807, 2.05) is 6.07 Å². The summed E-state index contributed by atoms with van der Waals surface area (Å²) in [5, 5.41) is 6.74. The van der Waals surface area contributed by atoms with E-state index in [0.717, 1.165) is 55.2 Å². The number of carbonyl (C=O) groups is 1. The van der Waals surface area contributed by atoms with Gasteiger partial charge in [0.2, 0.25) is 0 Å². The van der Waals surface area contributed by atoms with E-state index in [1.54, 1.807) is 25.4 Å². The average Bonchev–Trinajstić information content (AvgIpc) is 3.36. The lowest BCUT2D eigenvalue weighted by Gasteiger charge is -2.45. The fourth-order valence-corrected chi connectivity index (χ4v) is 5.96. The van der Waals surface area contributed by atoms with Gasteiger partial charge in [-0.25, -0.2) is 15.0 Å². The van der Waals surface area contributed by atoms with Gasteiger partial charge >= 0.3 is 6.18 Å². The lowest BCUT2D eigenvalue weighted by Crippen LogP contribution is -2.46. The maximum atomic E-state index is 12.8. The molecule has 0 aromatic carbocycles. The number of alkyl halides is 3. The highest BCUT2D eigenvalue weighted by Gasteiger charge is 2.49. The Kier molecular flexibility index (Phi) is 5.38. The molecule has 1 aliphatic carbocycles. The second-order valence-electron chi connectivity index (χ2n) is 8.85. The van der Waals surface area contributed by atoms with Crippen molar-refractivity contribution in [2.45, 2.75) is 37.9 Å². The Morgan fingerprint density at radius 1 is 1.27 bits per heavy atom. The second-order valence-corrected chi connectivity index (χ2v) is 9.97. The third-order valence-corrected chi connectivity index (χ3v) is 7.47. The third-order valence-electron chi connectivity index (χ3n) is 6.42. The van der Waals surface area contributed by atoms with E-state index in [9.17, 15) is 18.0 Å². The van der Waals surface area contributed by atoms with Crippen LogP contribution in [-0.2, 0) is 6.42 Å². The molecule has 7 nitrogen and oxygen atoms in total. The summed E-state index contributed by atoms with van der Waals surface area (Å²) in [7, 11) is 1.57. The summed E-state index contributed by atoms with van der Waals surface area (Å²) < 4.78 is 38.5. The zero-order valence-electron chi connectivity index (χ0n) is 17.9. The molecule has 1 saturated heterocycles. The SMILES string of the molecule is CNC(=O)c1ccc(NC2CC3(CCN(c4ncnc5sc(CC(F)(F)F)cc45)C3)C2)cn1. The van der Waals surface area contributed by atoms with E-state index >= 15 is 0 Å². The number of hydrogen-bond donors (Lipinski definition) is 2. The van der Waals surface area contributed by atoms with E-state index in [-0.39, 0.29) is 16.2 Å².